The molecule has 0 atom stereocenters. The van der Waals surface area contributed by atoms with Gasteiger partial charge in [0.05, 0.1) is 21.1 Å². The second-order valence-electron chi connectivity index (χ2n) is 2.66. The first-order chi connectivity index (χ1) is 3.85. The van der Waals surface area contributed by atoms with Gasteiger partial charge in [-0.15, -0.1) is 0 Å². The molecule has 0 aliphatic rings. The average molecular weight is 150 g/mol. The van der Waals surface area contributed by atoms with Gasteiger partial charge < -0.3 is 14.7 Å². The molecule has 0 aliphatic carbocycles. The summed E-state index contributed by atoms with van der Waals surface area (Å²) in [4.78, 5) is 17.0. The molecule has 0 aromatic heterocycles. The van der Waals surface area contributed by atoms with E-state index < -0.39 is 8.90 Å². The van der Waals surface area contributed by atoms with Crippen molar-refractivity contribution in [1.29, 1.82) is 0 Å². The van der Waals surface area contributed by atoms with Crippen molar-refractivity contribution >= 4 is 14.4 Å². The van der Waals surface area contributed by atoms with Crippen molar-refractivity contribution in [3.63, 3.8) is 0 Å². The molecule has 3 N–H and O–H groups in total. The number of rotatable bonds is 1. The Labute approximate surface area is 55.7 Å². The summed E-state index contributed by atoms with van der Waals surface area (Å²) in [5, 5.41) is 8.90. The highest BCUT2D eigenvalue weighted by Crippen LogP contribution is 1.87. The van der Waals surface area contributed by atoms with Gasteiger partial charge in [0.25, 0.3) is 0 Å². The predicted octanol–water partition coefficient (Wildman–Crippen LogP) is -1.79. The minimum atomic E-state index is -2.63. The Bertz CT molecular complexity index is 133. The molecule has 4 nitrogen and oxygen atoms in total. The van der Waals surface area contributed by atoms with E-state index in [1.54, 1.807) is 21.1 Å². The minimum absolute atomic E-state index is 0.0846. The molecular weight excluding hydrogens is 138 g/mol. The molecule has 0 rings (SSSR count). The summed E-state index contributed by atoms with van der Waals surface area (Å²) in [6.07, 6.45) is 0. The highest BCUT2D eigenvalue weighted by atomic mass is 28.3. The molecule has 0 unspecified atom stereocenters. The van der Waals surface area contributed by atoms with Crippen molar-refractivity contribution < 1.29 is 19.2 Å². The van der Waals surface area contributed by atoms with Gasteiger partial charge in [0.15, 0.2) is 0 Å². The number of quaternary nitrogens is 1. The average Bonchev–Trinajstić information content (AvgIpc) is 1.62. The lowest BCUT2D eigenvalue weighted by Gasteiger charge is -2.19. The standard InChI is InChI=1S/C4H11NO3Si/c1-5(2,3)4(6)9(7)8/h7-8H,1-3H3/p+1. The molecule has 0 saturated carbocycles. The van der Waals surface area contributed by atoms with Gasteiger partial charge in [0.2, 0.25) is 0 Å². The minimum Gasteiger partial charge on any atom is -0.534 e. The molecule has 0 amide bonds. The van der Waals surface area contributed by atoms with E-state index in [1.807, 2.05) is 0 Å². The van der Waals surface area contributed by atoms with Crippen molar-refractivity contribution in [2.45, 2.75) is 0 Å². The molecule has 0 spiro atoms. The van der Waals surface area contributed by atoms with E-state index in [0.717, 1.165) is 0 Å². The molecule has 0 fully saturated rings. The van der Waals surface area contributed by atoms with Crippen LogP contribution in [-0.2, 0) is 0 Å². The molecule has 9 heavy (non-hydrogen) atoms. The third-order valence-corrected chi connectivity index (χ3v) is 1.91. The van der Waals surface area contributed by atoms with Crippen molar-refractivity contribution in [1.82, 2.24) is 0 Å². The van der Waals surface area contributed by atoms with E-state index in [2.05, 4.69) is 0 Å². The number of aliphatic hydroxyl groups is 1. The quantitative estimate of drug-likeness (QED) is 0.305. The van der Waals surface area contributed by atoms with Crippen LogP contribution in [0.25, 0.3) is 0 Å². The van der Waals surface area contributed by atoms with E-state index in [0.29, 0.717) is 0 Å². The highest BCUT2D eigenvalue weighted by Gasteiger charge is 2.21. The van der Waals surface area contributed by atoms with Crippen LogP contribution in [0.1, 0.15) is 0 Å². The molecule has 54 valence electrons. The Balaban J connectivity index is 4.40. The lowest BCUT2D eigenvalue weighted by atomic mass is 10.7. The number of hydrogen-bond acceptors (Lipinski definition) is 3. The van der Waals surface area contributed by atoms with Gasteiger partial charge in [-0.25, -0.2) is 0 Å². The molecule has 0 aliphatic heterocycles. The Morgan fingerprint density at radius 3 is 1.56 bits per heavy atom. The maximum absolute atomic E-state index is 8.90. The van der Waals surface area contributed by atoms with Crippen LogP contribution in [0.15, 0.2) is 0 Å². The van der Waals surface area contributed by atoms with E-state index >= 15 is 0 Å². The fraction of sp³-hybridized carbons (Fsp3) is 0.750. The molecule has 0 saturated heterocycles. The Morgan fingerprint density at radius 1 is 1.22 bits per heavy atom. The predicted molar refractivity (Wildman–Crippen MR) is 35.2 cm³/mol. The molecular formula is C4H12NO3Si+. The topological polar surface area (TPSA) is 60.7 Å². The number of nitrogens with zero attached hydrogens (tertiary/aromatic N) is 1. The number of aliphatic hydroxyl groups excluding tert-OH is 1. The van der Waals surface area contributed by atoms with E-state index in [1.165, 1.54) is 0 Å². The van der Waals surface area contributed by atoms with Gasteiger partial charge in [0.1, 0.15) is 0 Å². The molecule has 0 heterocycles. The van der Waals surface area contributed by atoms with Gasteiger partial charge in [-0.05, 0) is 0 Å². The summed E-state index contributed by atoms with van der Waals surface area (Å²) in [7, 11) is 2.35. The van der Waals surface area contributed by atoms with Crippen LogP contribution in [0.2, 0.25) is 0 Å². The van der Waals surface area contributed by atoms with Crippen molar-refractivity contribution in [3.8, 4) is 0 Å². The number of hydrogen-bond donors (Lipinski definition) is 3. The molecule has 0 aromatic rings. The first-order valence-corrected chi connectivity index (χ1v) is 3.88. The smallest absolute Gasteiger partial charge is 0.534 e. The fourth-order valence-electron chi connectivity index (χ4n) is 0.300. The summed E-state index contributed by atoms with van der Waals surface area (Å²) in [5.74, 6) is 0. The van der Waals surface area contributed by atoms with Gasteiger partial charge in [-0.3, -0.25) is 4.48 Å². The van der Waals surface area contributed by atoms with Gasteiger partial charge in [-0.1, -0.05) is 0 Å². The normalized spacial score (nSPS) is 11.0. The first kappa shape index (κ1) is 8.45. The van der Waals surface area contributed by atoms with Gasteiger partial charge >= 0.3 is 14.4 Å². The molecule has 0 radical (unpaired) electrons. The van der Waals surface area contributed by atoms with Crippen molar-refractivity contribution in [2.24, 2.45) is 0 Å². The van der Waals surface area contributed by atoms with Gasteiger partial charge in [0, 0.05) is 0 Å². The molecule has 5 heteroatoms. The summed E-state index contributed by atoms with van der Waals surface area (Å²) >= 11 is 0. The third-order valence-electron chi connectivity index (χ3n) is 0.835. The van der Waals surface area contributed by atoms with Crippen molar-refractivity contribution in [3.05, 3.63) is 0 Å². The maximum Gasteiger partial charge on any atom is 0.594 e. The lowest BCUT2D eigenvalue weighted by molar-refractivity contribution is -0.784. The zero-order chi connectivity index (χ0) is 7.65. The largest absolute Gasteiger partial charge is 0.594 e. The SMILES string of the molecule is C[N+](C)(C)C(O)=[Si](O)O. The first-order valence-electron chi connectivity index (χ1n) is 2.49. The van der Waals surface area contributed by atoms with E-state index in [9.17, 15) is 0 Å². The zero-order valence-corrected chi connectivity index (χ0v) is 6.79. The van der Waals surface area contributed by atoms with E-state index in [-0.39, 0.29) is 9.96 Å². The van der Waals surface area contributed by atoms with Gasteiger partial charge in [-0.2, -0.15) is 0 Å². The lowest BCUT2D eigenvalue weighted by Crippen LogP contribution is -2.45. The monoisotopic (exact) mass is 150 g/mol. The maximum atomic E-state index is 8.90. The highest BCUT2D eigenvalue weighted by molar-refractivity contribution is 6.53. The van der Waals surface area contributed by atoms with Crippen LogP contribution >= 0.6 is 0 Å². The van der Waals surface area contributed by atoms with Crippen LogP contribution in [0.4, 0.5) is 0 Å². The second kappa shape index (κ2) is 2.36. The Hall–Kier alpha value is -0.553. The Morgan fingerprint density at radius 2 is 1.56 bits per heavy atom. The fourth-order valence-corrected chi connectivity index (χ4v) is 0.900. The third kappa shape index (κ3) is 2.48. The summed E-state index contributed by atoms with van der Waals surface area (Å²) in [5.41, 5.74) is -0.264. The summed E-state index contributed by atoms with van der Waals surface area (Å²) in [6, 6.07) is 0. The van der Waals surface area contributed by atoms with Crippen molar-refractivity contribution in [2.75, 3.05) is 21.1 Å². The summed E-state index contributed by atoms with van der Waals surface area (Å²) in [6.45, 7) is 0. The van der Waals surface area contributed by atoms with Crippen LogP contribution in [0.3, 0.4) is 0 Å². The van der Waals surface area contributed by atoms with Crippen LogP contribution in [0.5, 0.6) is 0 Å². The Kier molecular flexibility index (Phi) is 2.22. The molecule has 0 aromatic carbocycles. The summed E-state index contributed by atoms with van der Waals surface area (Å²) < 4.78 is 0.0846. The van der Waals surface area contributed by atoms with Crippen LogP contribution in [0, 0.1) is 0 Å². The second-order valence-corrected chi connectivity index (χ2v) is 3.75. The molecule has 0 bridgehead atoms. The zero-order valence-electron chi connectivity index (χ0n) is 5.79. The van der Waals surface area contributed by atoms with Crippen LogP contribution in [-0.4, -0.2) is 54.7 Å². The van der Waals surface area contributed by atoms with E-state index in [4.69, 9.17) is 14.7 Å². The van der Waals surface area contributed by atoms with Crippen LogP contribution < -0.4 is 0 Å².